The minimum Gasteiger partial charge on any atom is -0.496 e. The van der Waals surface area contributed by atoms with Crippen LogP contribution in [0.3, 0.4) is 0 Å². The first-order valence-corrected chi connectivity index (χ1v) is 10.3. The topological polar surface area (TPSA) is 130 Å². The summed E-state index contributed by atoms with van der Waals surface area (Å²) in [4.78, 5) is 28.4. The van der Waals surface area contributed by atoms with Crippen molar-refractivity contribution in [2.45, 2.75) is 19.8 Å². The predicted molar refractivity (Wildman–Crippen MR) is 122 cm³/mol. The van der Waals surface area contributed by atoms with Crippen molar-refractivity contribution in [1.29, 1.82) is 0 Å². The normalized spacial score (nSPS) is 10.7. The maximum absolute atomic E-state index is 12.3. The molecule has 0 atom stereocenters. The summed E-state index contributed by atoms with van der Waals surface area (Å²) >= 11 is 0. The smallest absolute Gasteiger partial charge is 0.252 e. The SMILES string of the molecule is CCc1cc(NC(=O)Cc2ccc(Oc3ccnc4cc(OC)c(C(N)=O)cc34)cc2)no1. The Balaban J connectivity index is 1.49. The van der Waals surface area contributed by atoms with Crippen molar-refractivity contribution in [3.63, 3.8) is 0 Å². The number of pyridine rings is 1. The highest BCUT2D eigenvalue weighted by Gasteiger charge is 2.14. The molecule has 3 N–H and O–H groups in total. The molecule has 168 valence electrons. The van der Waals surface area contributed by atoms with E-state index < -0.39 is 5.91 Å². The number of aryl methyl sites for hydroxylation is 1. The number of fused-ring (bicyclic) bond motifs is 1. The Kier molecular flexibility index (Phi) is 6.21. The van der Waals surface area contributed by atoms with E-state index in [1.165, 1.54) is 7.11 Å². The monoisotopic (exact) mass is 446 g/mol. The lowest BCUT2D eigenvalue weighted by molar-refractivity contribution is -0.115. The van der Waals surface area contributed by atoms with Crippen LogP contribution in [0.4, 0.5) is 5.82 Å². The highest BCUT2D eigenvalue weighted by atomic mass is 16.5. The number of nitrogens with zero attached hydrogens (tertiary/aromatic N) is 2. The number of carbonyl (C=O) groups is 2. The molecule has 0 aliphatic heterocycles. The molecule has 4 aromatic rings. The molecule has 0 radical (unpaired) electrons. The van der Waals surface area contributed by atoms with Crippen LogP contribution < -0.4 is 20.5 Å². The van der Waals surface area contributed by atoms with Crippen molar-refractivity contribution in [3.05, 3.63) is 71.6 Å². The second-order valence-electron chi connectivity index (χ2n) is 7.25. The van der Waals surface area contributed by atoms with Crippen LogP contribution in [0.2, 0.25) is 0 Å². The first-order valence-electron chi connectivity index (χ1n) is 10.3. The zero-order chi connectivity index (χ0) is 23.4. The number of hydrogen-bond donors (Lipinski definition) is 2. The Hall–Kier alpha value is -4.40. The van der Waals surface area contributed by atoms with Gasteiger partial charge in [0.1, 0.15) is 23.0 Å². The molecule has 9 heteroatoms. The Bertz CT molecular complexity index is 1310. The number of anilines is 1. The van der Waals surface area contributed by atoms with E-state index in [1.54, 1.807) is 54.7 Å². The molecule has 0 aliphatic carbocycles. The zero-order valence-corrected chi connectivity index (χ0v) is 18.1. The fourth-order valence-corrected chi connectivity index (χ4v) is 3.31. The molecule has 0 aliphatic rings. The number of hydrogen-bond acceptors (Lipinski definition) is 7. The van der Waals surface area contributed by atoms with Crippen molar-refractivity contribution in [3.8, 4) is 17.2 Å². The van der Waals surface area contributed by atoms with Gasteiger partial charge in [-0.15, -0.1) is 0 Å². The van der Waals surface area contributed by atoms with E-state index in [0.717, 1.165) is 5.56 Å². The molecule has 0 spiro atoms. The van der Waals surface area contributed by atoms with Gasteiger partial charge in [-0.2, -0.15) is 0 Å². The number of methoxy groups -OCH3 is 1. The van der Waals surface area contributed by atoms with Crippen molar-refractivity contribution < 1.29 is 23.6 Å². The molecule has 0 saturated heterocycles. The van der Waals surface area contributed by atoms with Gasteiger partial charge < -0.3 is 25.0 Å². The number of benzene rings is 2. The third-order valence-electron chi connectivity index (χ3n) is 4.98. The molecule has 2 aromatic carbocycles. The van der Waals surface area contributed by atoms with Crippen LogP contribution >= 0.6 is 0 Å². The van der Waals surface area contributed by atoms with Crippen LogP contribution in [0.1, 0.15) is 28.6 Å². The van der Waals surface area contributed by atoms with Gasteiger partial charge in [0.15, 0.2) is 5.82 Å². The van der Waals surface area contributed by atoms with Crippen LogP contribution in [0.15, 0.2) is 59.3 Å². The van der Waals surface area contributed by atoms with E-state index in [1.807, 2.05) is 6.92 Å². The molecule has 2 amide bonds. The molecule has 0 bridgehead atoms. The van der Waals surface area contributed by atoms with Crippen molar-refractivity contribution in [1.82, 2.24) is 10.1 Å². The molecular formula is C24H22N4O5. The summed E-state index contributed by atoms with van der Waals surface area (Å²) in [5.41, 5.74) is 7.12. The molecule has 33 heavy (non-hydrogen) atoms. The minimum absolute atomic E-state index is 0.175. The van der Waals surface area contributed by atoms with Gasteiger partial charge >= 0.3 is 0 Å². The lowest BCUT2D eigenvalue weighted by Gasteiger charge is -2.12. The summed E-state index contributed by atoms with van der Waals surface area (Å²) < 4.78 is 16.3. The average molecular weight is 446 g/mol. The quantitative estimate of drug-likeness (QED) is 0.420. The molecule has 9 nitrogen and oxygen atoms in total. The molecule has 2 aromatic heterocycles. The number of ether oxygens (including phenoxy) is 2. The number of primary amides is 1. The summed E-state index contributed by atoms with van der Waals surface area (Å²) in [6.45, 7) is 1.94. The van der Waals surface area contributed by atoms with Crippen LogP contribution in [0.5, 0.6) is 17.2 Å². The van der Waals surface area contributed by atoms with Crippen molar-refractivity contribution in [2.24, 2.45) is 5.73 Å². The van der Waals surface area contributed by atoms with Gasteiger partial charge in [-0.3, -0.25) is 14.6 Å². The van der Waals surface area contributed by atoms with Gasteiger partial charge in [0, 0.05) is 30.1 Å². The Morgan fingerprint density at radius 1 is 1.09 bits per heavy atom. The number of aromatic nitrogens is 2. The van der Waals surface area contributed by atoms with Gasteiger partial charge in [-0.1, -0.05) is 24.2 Å². The van der Waals surface area contributed by atoms with Crippen molar-refractivity contribution in [2.75, 3.05) is 12.4 Å². The lowest BCUT2D eigenvalue weighted by atomic mass is 10.1. The summed E-state index contributed by atoms with van der Waals surface area (Å²) in [5, 5.41) is 7.15. The largest absolute Gasteiger partial charge is 0.496 e. The first kappa shape index (κ1) is 21.8. The Labute approximate surface area is 189 Å². The maximum atomic E-state index is 12.3. The molecule has 0 saturated carbocycles. The van der Waals surface area contributed by atoms with Gasteiger partial charge in [-0.25, -0.2) is 0 Å². The molecular weight excluding hydrogens is 424 g/mol. The first-order chi connectivity index (χ1) is 16.0. The molecule has 0 unspecified atom stereocenters. The zero-order valence-electron chi connectivity index (χ0n) is 18.1. The van der Waals surface area contributed by atoms with E-state index >= 15 is 0 Å². The summed E-state index contributed by atoms with van der Waals surface area (Å²) in [7, 11) is 1.46. The molecule has 0 fully saturated rings. The predicted octanol–water partition coefficient (Wildman–Crippen LogP) is 3.87. The third-order valence-corrected chi connectivity index (χ3v) is 4.98. The van der Waals surface area contributed by atoms with Gasteiger partial charge in [0.25, 0.3) is 5.91 Å². The van der Waals surface area contributed by atoms with E-state index in [4.69, 9.17) is 19.7 Å². The summed E-state index contributed by atoms with van der Waals surface area (Å²) in [5.74, 6) is 1.71. The number of nitrogens with one attached hydrogen (secondary N) is 1. The fraction of sp³-hybridized carbons (Fsp3) is 0.167. The third kappa shape index (κ3) is 4.93. The van der Waals surface area contributed by atoms with E-state index in [0.29, 0.717) is 46.2 Å². The lowest BCUT2D eigenvalue weighted by Crippen LogP contribution is -2.14. The average Bonchev–Trinajstić information content (AvgIpc) is 3.27. The summed E-state index contributed by atoms with van der Waals surface area (Å²) in [6, 6.07) is 13.8. The van der Waals surface area contributed by atoms with E-state index in [2.05, 4.69) is 15.5 Å². The van der Waals surface area contributed by atoms with Crippen LogP contribution in [0, 0.1) is 0 Å². The van der Waals surface area contributed by atoms with Gasteiger partial charge in [0.2, 0.25) is 5.91 Å². The number of amides is 2. The summed E-state index contributed by atoms with van der Waals surface area (Å²) in [6.07, 6.45) is 2.48. The minimum atomic E-state index is -0.609. The highest BCUT2D eigenvalue weighted by Crippen LogP contribution is 2.33. The molecule has 4 rings (SSSR count). The number of carbonyl (C=O) groups excluding carboxylic acids is 2. The van der Waals surface area contributed by atoms with E-state index in [9.17, 15) is 9.59 Å². The van der Waals surface area contributed by atoms with Crippen LogP contribution in [-0.2, 0) is 17.6 Å². The molecule has 2 heterocycles. The second kappa shape index (κ2) is 9.39. The number of nitrogens with two attached hydrogens (primary N) is 1. The van der Waals surface area contributed by atoms with E-state index in [-0.39, 0.29) is 17.9 Å². The Morgan fingerprint density at radius 3 is 2.55 bits per heavy atom. The fourth-order valence-electron chi connectivity index (χ4n) is 3.31. The van der Waals surface area contributed by atoms with Gasteiger partial charge in [-0.05, 0) is 29.8 Å². The maximum Gasteiger partial charge on any atom is 0.252 e. The second-order valence-corrected chi connectivity index (χ2v) is 7.25. The van der Waals surface area contributed by atoms with Crippen molar-refractivity contribution >= 4 is 28.5 Å². The highest BCUT2D eigenvalue weighted by molar-refractivity contribution is 6.01. The van der Waals surface area contributed by atoms with Crippen LogP contribution in [0.25, 0.3) is 10.9 Å². The van der Waals surface area contributed by atoms with Crippen LogP contribution in [-0.4, -0.2) is 29.1 Å². The van der Waals surface area contributed by atoms with Gasteiger partial charge in [0.05, 0.1) is 24.6 Å². The Morgan fingerprint density at radius 2 is 1.88 bits per heavy atom. The number of rotatable bonds is 8. The standard InChI is InChI=1S/C24H22N4O5/c1-3-15-11-22(28-33-15)27-23(29)10-14-4-6-16(7-5-14)32-20-8-9-26-19-13-21(31-2)18(24(25)30)12-17(19)20/h4-9,11-13H,3,10H2,1-2H3,(H2,25,30)(H,27,28,29).